The van der Waals surface area contributed by atoms with Crippen molar-refractivity contribution in [1.82, 2.24) is 0 Å². The third kappa shape index (κ3) is 6.91. The molecule has 1 N–H and O–H groups in total. The molecular weight excluding hydrogens is 192 g/mol. The molecule has 1 atom stereocenters. The predicted octanol–water partition coefficient (Wildman–Crippen LogP) is 2.78. The molecular formula is C12H20O3. The van der Waals surface area contributed by atoms with Crippen molar-refractivity contribution in [1.29, 1.82) is 0 Å². The van der Waals surface area contributed by atoms with Crippen LogP contribution in [0.1, 0.15) is 33.6 Å². The van der Waals surface area contributed by atoms with Gasteiger partial charge in [0.2, 0.25) is 0 Å². The minimum absolute atomic E-state index is 0.496. The molecule has 0 heterocycles. The number of hydrogen-bond acceptors (Lipinski definition) is 2. The quantitative estimate of drug-likeness (QED) is 0.544. The summed E-state index contributed by atoms with van der Waals surface area (Å²) in [6, 6.07) is 0. The Morgan fingerprint density at radius 1 is 1.47 bits per heavy atom. The lowest BCUT2D eigenvalue weighted by molar-refractivity contribution is -0.131. The first-order valence-electron chi connectivity index (χ1n) is 5.00. The zero-order valence-corrected chi connectivity index (χ0v) is 9.91. The first-order valence-corrected chi connectivity index (χ1v) is 5.00. The van der Waals surface area contributed by atoms with Crippen molar-refractivity contribution in [2.75, 3.05) is 7.11 Å². The minimum Gasteiger partial charge on any atom is -0.478 e. The van der Waals surface area contributed by atoms with Gasteiger partial charge in [-0.1, -0.05) is 11.6 Å². The average Bonchev–Trinajstić information content (AvgIpc) is 2.14. The van der Waals surface area contributed by atoms with Gasteiger partial charge in [-0.25, -0.2) is 4.79 Å². The number of aliphatic carboxylic acids is 1. The lowest BCUT2D eigenvalue weighted by atomic mass is 9.98. The molecule has 0 rings (SSSR count). The molecule has 0 fully saturated rings. The maximum Gasteiger partial charge on any atom is 0.328 e. The summed E-state index contributed by atoms with van der Waals surface area (Å²) in [4.78, 5) is 10.4. The fourth-order valence-corrected chi connectivity index (χ4v) is 1.15. The van der Waals surface area contributed by atoms with E-state index >= 15 is 0 Å². The van der Waals surface area contributed by atoms with Crippen LogP contribution in [0.15, 0.2) is 23.8 Å². The monoisotopic (exact) mass is 212 g/mol. The topological polar surface area (TPSA) is 46.5 Å². The second kappa shape index (κ2) is 6.40. The maximum atomic E-state index is 10.4. The van der Waals surface area contributed by atoms with Gasteiger partial charge in [0.25, 0.3) is 0 Å². The Morgan fingerprint density at radius 3 is 2.47 bits per heavy atom. The van der Waals surface area contributed by atoms with Gasteiger partial charge in [0.1, 0.15) is 0 Å². The van der Waals surface area contributed by atoms with Crippen LogP contribution in [-0.4, -0.2) is 23.8 Å². The number of ether oxygens (including phenoxy) is 1. The number of carboxylic acids is 1. The van der Waals surface area contributed by atoms with Crippen LogP contribution in [-0.2, 0) is 9.53 Å². The number of carboxylic acid groups (broad SMARTS) is 1. The van der Waals surface area contributed by atoms with E-state index < -0.39 is 11.6 Å². The SMILES string of the molecule is COC(C)(/C=C/C(=O)O)CCC=C(C)C. The summed E-state index contributed by atoms with van der Waals surface area (Å²) in [6.07, 6.45) is 6.50. The third-order valence-corrected chi connectivity index (χ3v) is 2.24. The Labute approximate surface area is 91.4 Å². The molecule has 0 aliphatic carbocycles. The van der Waals surface area contributed by atoms with E-state index in [0.29, 0.717) is 0 Å². The summed E-state index contributed by atoms with van der Waals surface area (Å²) in [5.74, 6) is -0.944. The number of carbonyl (C=O) groups is 1. The largest absolute Gasteiger partial charge is 0.478 e. The summed E-state index contributed by atoms with van der Waals surface area (Å²) in [7, 11) is 1.59. The van der Waals surface area contributed by atoms with Gasteiger partial charge in [0, 0.05) is 13.2 Å². The molecule has 0 spiro atoms. The summed E-state index contributed by atoms with van der Waals surface area (Å²) >= 11 is 0. The van der Waals surface area contributed by atoms with E-state index in [2.05, 4.69) is 6.08 Å². The van der Waals surface area contributed by atoms with E-state index in [1.165, 1.54) is 5.57 Å². The number of allylic oxidation sites excluding steroid dienone is 2. The van der Waals surface area contributed by atoms with Gasteiger partial charge in [-0.05, 0) is 39.7 Å². The van der Waals surface area contributed by atoms with Gasteiger partial charge in [-0.15, -0.1) is 0 Å². The Kier molecular flexibility index (Phi) is 5.94. The van der Waals surface area contributed by atoms with Gasteiger partial charge in [-0.3, -0.25) is 0 Å². The zero-order chi connectivity index (χ0) is 11.9. The van der Waals surface area contributed by atoms with E-state index in [1.54, 1.807) is 13.2 Å². The highest BCUT2D eigenvalue weighted by Gasteiger charge is 2.18. The summed E-state index contributed by atoms with van der Waals surface area (Å²) < 4.78 is 5.29. The van der Waals surface area contributed by atoms with Crippen LogP contribution in [0, 0.1) is 0 Å². The van der Waals surface area contributed by atoms with Gasteiger partial charge in [0.05, 0.1) is 5.60 Å². The molecule has 0 saturated carbocycles. The molecule has 0 amide bonds. The lowest BCUT2D eigenvalue weighted by Gasteiger charge is -2.23. The molecule has 0 radical (unpaired) electrons. The molecule has 0 aliphatic rings. The standard InChI is InChI=1S/C12H20O3/c1-10(2)6-5-8-12(3,15-4)9-7-11(13)14/h6-7,9H,5,8H2,1-4H3,(H,13,14)/b9-7+. The molecule has 0 saturated heterocycles. The van der Waals surface area contributed by atoms with E-state index in [0.717, 1.165) is 18.9 Å². The second-order valence-corrected chi connectivity index (χ2v) is 4.01. The predicted molar refractivity (Wildman–Crippen MR) is 60.9 cm³/mol. The second-order valence-electron chi connectivity index (χ2n) is 4.01. The molecule has 0 aliphatic heterocycles. The van der Waals surface area contributed by atoms with Crippen molar-refractivity contribution in [2.24, 2.45) is 0 Å². The fraction of sp³-hybridized carbons (Fsp3) is 0.583. The Bertz CT molecular complexity index is 262. The number of methoxy groups -OCH3 is 1. The maximum absolute atomic E-state index is 10.4. The van der Waals surface area contributed by atoms with Crippen molar-refractivity contribution >= 4 is 5.97 Å². The van der Waals surface area contributed by atoms with E-state index in [1.807, 2.05) is 20.8 Å². The molecule has 0 aromatic rings. The Morgan fingerprint density at radius 2 is 2.07 bits per heavy atom. The van der Waals surface area contributed by atoms with Crippen LogP contribution < -0.4 is 0 Å². The van der Waals surface area contributed by atoms with Crippen molar-refractivity contribution in [3.63, 3.8) is 0 Å². The van der Waals surface area contributed by atoms with Crippen LogP contribution in [0.4, 0.5) is 0 Å². The van der Waals surface area contributed by atoms with E-state index in [-0.39, 0.29) is 0 Å². The fourth-order valence-electron chi connectivity index (χ4n) is 1.15. The van der Waals surface area contributed by atoms with Crippen molar-refractivity contribution in [3.8, 4) is 0 Å². The highest BCUT2D eigenvalue weighted by molar-refractivity contribution is 5.79. The summed E-state index contributed by atoms with van der Waals surface area (Å²) in [6.45, 7) is 5.96. The van der Waals surface area contributed by atoms with Gasteiger partial charge < -0.3 is 9.84 Å². The third-order valence-electron chi connectivity index (χ3n) is 2.24. The molecule has 0 aromatic carbocycles. The molecule has 1 unspecified atom stereocenters. The molecule has 3 heteroatoms. The average molecular weight is 212 g/mol. The van der Waals surface area contributed by atoms with Crippen LogP contribution >= 0.6 is 0 Å². The van der Waals surface area contributed by atoms with Crippen LogP contribution in [0.25, 0.3) is 0 Å². The zero-order valence-electron chi connectivity index (χ0n) is 9.91. The first kappa shape index (κ1) is 13.9. The van der Waals surface area contributed by atoms with Crippen molar-refractivity contribution < 1.29 is 14.6 Å². The van der Waals surface area contributed by atoms with E-state index in [4.69, 9.17) is 9.84 Å². The molecule has 0 aromatic heterocycles. The van der Waals surface area contributed by atoms with Crippen LogP contribution in [0.5, 0.6) is 0 Å². The molecule has 15 heavy (non-hydrogen) atoms. The smallest absolute Gasteiger partial charge is 0.328 e. The minimum atomic E-state index is -0.944. The number of rotatable bonds is 6. The molecule has 0 bridgehead atoms. The molecule has 86 valence electrons. The van der Waals surface area contributed by atoms with Crippen molar-refractivity contribution in [2.45, 2.75) is 39.2 Å². The lowest BCUT2D eigenvalue weighted by Crippen LogP contribution is -2.24. The number of hydrogen-bond donors (Lipinski definition) is 1. The Hall–Kier alpha value is -1.09. The summed E-state index contributed by atoms with van der Waals surface area (Å²) in [5.41, 5.74) is 0.764. The normalized spacial score (nSPS) is 14.9. The highest BCUT2D eigenvalue weighted by atomic mass is 16.5. The first-order chi connectivity index (χ1) is 6.89. The summed E-state index contributed by atoms with van der Waals surface area (Å²) in [5, 5.41) is 8.53. The highest BCUT2D eigenvalue weighted by Crippen LogP contribution is 2.19. The van der Waals surface area contributed by atoms with Crippen LogP contribution in [0.3, 0.4) is 0 Å². The van der Waals surface area contributed by atoms with E-state index in [9.17, 15) is 4.79 Å². The molecule has 3 nitrogen and oxygen atoms in total. The van der Waals surface area contributed by atoms with Crippen LogP contribution in [0.2, 0.25) is 0 Å². The van der Waals surface area contributed by atoms with Gasteiger partial charge in [0.15, 0.2) is 0 Å². The Balaban J connectivity index is 4.31. The van der Waals surface area contributed by atoms with Gasteiger partial charge >= 0.3 is 5.97 Å². The van der Waals surface area contributed by atoms with Gasteiger partial charge in [-0.2, -0.15) is 0 Å². The van der Waals surface area contributed by atoms with Crippen molar-refractivity contribution in [3.05, 3.63) is 23.8 Å².